The number of fused-ring (bicyclic) bond motifs is 1. The monoisotopic (exact) mass is 284 g/mol. The van der Waals surface area contributed by atoms with Gasteiger partial charge >= 0.3 is 0 Å². The van der Waals surface area contributed by atoms with Crippen LogP contribution in [0.3, 0.4) is 0 Å². The molecule has 0 spiro atoms. The molecule has 3 nitrogen and oxygen atoms in total. The molecule has 4 heteroatoms. The van der Waals surface area contributed by atoms with Gasteiger partial charge in [0.15, 0.2) is 0 Å². The first-order valence-corrected chi connectivity index (χ1v) is 7.64. The highest BCUT2D eigenvalue weighted by Crippen LogP contribution is 2.24. The number of hydrogen-bond donors (Lipinski definition) is 0. The van der Waals surface area contributed by atoms with E-state index in [4.69, 9.17) is 10.00 Å². The van der Waals surface area contributed by atoms with Gasteiger partial charge in [-0.2, -0.15) is 5.26 Å². The van der Waals surface area contributed by atoms with Crippen molar-refractivity contribution >= 4 is 11.3 Å². The summed E-state index contributed by atoms with van der Waals surface area (Å²) in [7, 11) is 0. The van der Waals surface area contributed by atoms with Crippen molar-refractivity contribution in [1.29, 1.82) is 5.26 Å². The van der Waals surface area contributed by atoms with Gasteiger partial charge in [-0.05, 0) is 35.6 Å². The Labute approximate surface area is 123 Å². The fraction of sp³-hybridized carbons (Fsp3) is 0.312. The van der Waals surface area contributed by atoms with Crippen LogP contribution < -0.4 is 4.74 Å². The number of nitrogens with zero attached hydrogens (tertiary/aromatic N) is 2. The van der Waals surface area contributed by atoms with Gasteiger partial charge < -0.3 is 4.74 Å². The molecule has 1 aliphatic rings. The van der Waals surface area contributed by atoms with Crippen LogP contribution in [0.25, 0.3) is 0 Å². The van der Waals surface area contributed by atoms with Crippen LogP contribution in [0.4, 0.5) is 0 Å². The van der Waals surface area contributed by atoms with Crippen molar-refractivity contribution in [2.24, 2.45) is 0 Å². The normalized spacial score (nSPS) is 14.6. The second-order valence-corrected chi connectivity index (χ2v) is 5.85. The predicted octanol–water partition coefficient (Wildman–Crippen LogP) is 3.06. The van der Waals surface area contributed by atoms with Gasteiger partial charge in [0.1, 0.15) is 18.4 Å². The number of para-hydroxylation sites is 1. The van der Waals surface area contributed by atoms with Crippen molar-refractivity contribution < 1.29 is 4.74 Å². The lowest BCUT2D eigenvalue weighted by Gasteiger charge is -2.26. The Morgan fingerprint density at radius 2 is 2.20 bits per heavy atom. The molecule has 0 saturated heterocycles. The summed E-state index contributed by atoms with van der Waals surface area (Å²) in [4.78, 5) is 3.93. The zero-order valence-electron chi connectivity index (χ0n) is 11.2. The van der Waals surface area contributed by atoms with E-state index in [9.17, 15) is 0 Å². The molecule has 0 N–H and O–H groups in total. The van der Waals surface area contributed by atoms with E-state index >= 15 is 0 Å². The molecule has 20 heavy (non-hydrogen) atoms. The van der Waals surface area contributed by atoms with Crippen LogP contribution in [0.15, 0.2) is 35.7 Å². The van der Waals surface area contributed by atoms with Crippen LogP contribution in [0, 0.1) is 11.3 Å². The molecule has 2 heterocycles. The molecule has 0 radical (unpaired) electrons. The highest BCUT2D eigenvalue weighted by atomic mass is 32.1. The average molecular weight is 284 g/mol. The highest BCUT2D eigenvalue weighted by Gasteiger charge is 2.16. The van der Waals surface area contributed by atoms with E-state index in [1.54, 1.807) is 6.07 Å². The lowest BCUT2D eigenvalue weighted by atomic mass is 10.1. The molecule has 1 aromatic heterocycles. The van der Waals surface area contributed by atoms with E-state index in [-0.39, 0.29) is 0 Å². The maximum atomic E-state index is 9.01. The number of nitriles is 1. The van der Waals surface area contributed by atoms with E-state index in [1.807, 2.05) is 29.5 Å². The summed E-state index contributed by atoms with van der Waals surface area (Å²) < 4.78 is 5.74. The Hall–Kier alpha value is -1.83. The third kappa shape index (κ3) is 2.84. The van der Waals surface area contributed by atoms with Crippen LogP contribution in [0.5, 0.6) is 5.75 Å². The van der Waals surface area contributed by atoms with E-state index < -0.39 is 0 Å². The fourth-order valence-electron chi connectivity index (χ4n) is 2.47. The number of benzene rings is 1. The molecule has 0 bridgehead atoms. The molecule has 0 amide bonds. The summed E-state index contributed by atoms with van der Waals surface area (Å²) in [5.74, 6) is 0.684. The Kier molecular flexibility index (Phi) is 4.00. The molecule has 0 atom stereocenters. The average Bonchev–Trinajstić information content (AvgIpc) is 2.95. The minimum Gasteiger partial charge on any atom is -0.491 e. The van der Waals surface area contributed by atoms with E-state index in [0.717, 1.165) is 26.1 Å². The quantitative estimate of drug-likeness (QED) is 0.865. The van der Waals surface area contributed by atoms with Crippen LogP contribution in [-0.2, 0) is 13.0 Å². The maximum Gasteiger partial charge on any atom is 0.137 e. The Balaban J connectivity index is 1.53. The Morgan fingerprint density at radius 3 is 3.10 bits per heavy atom. The Bertz CT molecular complexity index is 629. The number of hydrogen-bond acceptors (Lipinski definition) is 4. The summed E-state index contributed by atoms with van der Waals surface area (Å²) >= 11 is 1.86. The molecule has 0 fully saturated rings. The lowest BCUT2D eigenvalue weighted by molar-refractivity contribution is 0.197. The molecular formula is C16H16N2OS. The molecule has 0 aliphatic carbocycles. The van der Waals surface area contributed by atoms with Crippen molar-refractivity contribution in [3.63, 3.8) is 0 Å². The van der Waals surface area contributed by atoms with Gasteiger partial charge in [0.05, 0.1) is 5.56 Å². The summed E-state index contributed by atoms with van der Waals surface area (Å²) in [5, 5.41) is 11.2. The molecule has 0 unspecified atom stereocenters. The summed E-state index contributed by atoms with van der Waals surface area (Å²) in [6.07, 6.45) is 1.14. The fourth-order valence-corrected chi connectivity index (χ4v) is 3.36. The van der Waals surface area contributed by atoms with Crippen molar-refractivity contribution in [1.82, 2.24) is 4.90 Å². The van der Waals surface area contributed by atoms with E-state index in [0.29, 0.717) is 17.9 Å². The summed E-state index contributed by atoms with van der Waals surface area (Å²) in [5.41, 5.74) is 2.06. The van der Waals surface area contributed by atoms with E-state index in [1.165, 1.54) is 10.4 Å². The first kappa shape index (κ1) is 13.2. The predicted molar refractivity (Wildman–Crippen MR) is 80.0 cm³/mol. The van der Waals surface area contributed by atoms with Crippen molar-refractivity contribution in [2.45, 2.75) is 13.0 Å². The summed E-state index contributed by atoms with van der Waals surface area (Å²) in [6, 6.07) is 11.8. The minimum atomic E-state index is 0.603. The molecule has 2 aromatic rings. The first-order chi connectivity index (χ1) is 9.86. The van der Waals surface area contributed by atoms with Crippen LogP contribution in [-0.4, -0.2) is 24.6 Å². The van der Waals surface area contributed by atoms with Crippen LogP contribution >= 0.6 is 11.3 Å². The van der Waals surface area contributed by atoms with Gasteiger partial charge in [-0.15, -0.1) is 11.3 Å². The number of rotatable bonds is 4. The zero-order valence-corrected chi connectivity index (χ0v) is 12.0. The summed E-state index contributed by atoms with van der Waals surface area (Å²) in [6.45, 7) is 3.63. The maximum absolute atomic E-state index is 9.01. The first-order valence-electron chi connectivity index (χ1n) is 6.76. The van der Waals surface area contributed by atoms with Gasteiger partial charge in [0.25, 0.3) is 0 Å². The van der Waals surface area contributed by atoms with Gasteiger partial charge in [-0.3, -0.25) is 4.90 Å². The van der Waals surface area contributed by atoms with Gasteiger partial charge in [0, 0.05) is 24.5 Å². The largest absolute Gasteiger partial charge is 0.491 e. The zero-order chi connectivity index (χ0) is 13.8. The number of thiophene rings is 1. The standard InChI is InChI=1S/C16H16N2OS/c17-11-13-3-1-2-4-15(13)19-9-8-18-7-5-16-14(12-18)6-10-20-16/h1-4,6,10H,5,7-9,12H2. The second kappa shape index (κ2) is 6.08. The second-order valence-electron chi connectivity index (χ2n) is 4.85. The SMILES string of the molecule is N#Cc1ccccc1OCCN1CCc2sccc2C1. The molecule has 1 aliphatic heterocycles. The topological polar surface area (TPSA) is 36.3 Å². The molecule has 102 valence electrons. The third-order valence-electron chi connectivity index (χ3n) is 3.56. The van der Waals surface area contributed by atoms with E-state index in [2.05, 4.69) is 22.4 Å². The molecule has 1 aromatic carbocycles. The number of ether oxygens (including phenoxy) is 1. The van der Waals surface area contributed by atoms with Gasteiger partial charge in [-0.1, -0.05) is 12.1 Å². The third-order valence-corrected chi connectivity index (χ3v) is 4.58. The molecule has 0 saturated carbocycles. The smallest absolute Gasteiger partial charge is 0.137 e. The van der Waals surface area contributed by atoms with Gasteiger partial charge in [-0.25, -0.2) is 0 Å². The minimum absolute atomic E-state index is 0.603. The van der Waals surface area contributed by atoms with Crippen LogP contribution in [0.2, 0.25) is 0 Å². The van der Waals surface area contributed by atoms with Crippen molar-refractivity contribution in [3.05, 3.63) is 51.7 Å². The molecular weight excluding hydrogens is 268 g/mol. The molecule has 3 rings (SSSR count). The van der Waals surface area contributed by atoms with Crippen molar-refractivity contribution in [2.75, 3.05) is 19.7 Å². The van der Waals surface area contributed by atoms with Crippen molar-refractivity contribution in [3.8, 4) is 11.8 Å². The lowest BCUT2D eigenvalue weighted by Crippen LogP contribution is -2.33. The highest BCUT2D eigenvalue weighted by molar-refractivity contribution is 7.10. The van der Waals surface area contributed by atoms with Gasteiger partial charge in [0.2, 0.25) is 0 Å². The van der Waals surface area contributed by atoms with Crippen LogP contribution in [0.1, 0.15) is 16.0 Å². The Morgan fingerprint density at radius 1 is 1.30 bits per heavy atom.